The molecule has 0 radical (unpaired) electrons. The number of esters is 6. The van der Waals surface area contributed by atoms with Crippen molar-refractivity contribution >= 4 is 41.7 Å². The van der Waals surface area contributed by atoms with Crippen molar-refractivity contribution in [1.29, 1.82) is 0 Å². The Balaban J connectivity index is 1.43. The average molecular weight is 924 g/mol. The summed E-state index contributed by atoms with van der Waals surface area (Å²) in [5.41, 5.74) is -2.92. The molecule has 1 aliphatic heterocycles. The van der Waals surface area contributed by atoms with Gasteiger partial charge in [-0.05, 0) is 59.7 Å². The van der Waals surface area contributed by atoms with Crippen molar-refractivity contribution in [3.05, 3.63) is 119 Å². The van der Waals surface area contributed by atoms with Gasteiger partial charge >= 0.3 is 35.8 Å². The van der Waals surface area contributed by atoms with Gasteiger partial charge in [0.2, 0.25) is 0 Å². The molecule has 3 aliphatic carbocycles. The summed E-state index contributed by atoms with van der Waals surface area (Å²) in [4.78, 5) is 95.9. The van der Waals surface area contributed by atoms with E-state index in [1.807, 2.05) is 13.8 Å². The molecule has 0 spiro atoms. The summed E-state index contributed by atoms with van der Waals surface area (Å²) in [6.45, 7) is 11.6. The van der Waals surface area contributed by atoms with E-state index in [1.165, 1.54) is 20.8 Å². The average Bonchev–Trinajstić information content (AvgIpc) is 3.27. The molecule has 2 bridgehead atoms. The Morgan fingerprint density at radius 3 is 1.81 bits per heavy atom. The van der Waals surface area contributed by atoms with Gasteiger partial charge in [0, 0.05) is 45.6 Å². The van der Waals surface area contributed by atoms with E-state index in [4.69, 9.17) is 33.2 Å². The fourth-order valence-electron chi connectivity index (χ4n) is 11.2. The molecule has 0 aromatic heterocycles. The summed E-state index contributed by atoms with van der Waals surface area (Å²) in [5.74, 6) is -7.61. The molecule has 3 aromatic rings. The van der Waals surface area contributed by atoms with Gasteiger partial charge in [-0.2, -0.15) is 0 Å². The SMILES string of the molecule is CC(=O)O[C@@H]1C2=C(C)[C@@H](OC(=O)[C@H](O)[C@@H](NC(=O)c3ccccc3)c3ccccc3)C[C@@H]([C@@H](OC(=O)c3ccccc3)[C@@H]3[C@]4(OC(C)=O)CO[C@@H]4C[C@H](OC(C)=O)[C@@]3(C)[C@H]1OC(C)=O)C2(C)C. The summed E-state index contributed by atoms with van der Waals surface area (Å²) in [6, 6.07) is 23.6. The first kappa shape index (κ1) is 48.5. The first-order chi connectivity index (χ1) is 31.7. The molecule has 16 nitrogen and oxygen atoms in total. The van der Waals surface area contributed by atoms with Crippen LogP contribution in [-0.2, 0) is 57.1 Å². The van der Waals surface area contributed by atoms with Gasteiger partial charge in [-0.15, -0.1) is 0 Å². The van der Waals surface area contributed by atoms with Gasteiger partial charge < -0.3 is 43.6 Å². The largest absolute Gasteiger partial charge is 0.462 e. The van der Waals surface area contributed by atoms with E-state index in [9.17, 15) is 38.7 Å². The van der Waals surface area contributed by atoms with Crippen molar-refractivity contribution in [2.24, 2.45) is 22.7 Å². The molecular weight excluding hydrogens is 867 g/mol. The zero-order valence-corrected chi connectivity index (χ0v) is 38.7. The predicted octanol–water partition coefficient (Wildman–Crippen LogP) is 5.55. The molecule has 12 atom stereocenters. The molecule has 2 N–H and O–H groups in total. The number of hydrogen-bond acceptors (Lipinski definition) is 15. The first-order valence-corrected chi connectivity index (χ1v) is 22.3. The van der Waals surface area contributed by atoms with Crippen LogP contribution in [0.5, 0.6) is 0 Å². The minimum Gasteiger partial charge on any atom is -0.462 e. The Labute approximate surface area is 388 Å². The van der Waals surface area contributed by atoms with Gasteiger partial charge in [0.05, 0.1) is 29.5 Å². The lowest BCUT2D eigenvalue weighted by molar-refractivity contribution is -0.355. The smallest absolute Gasteiger partial charge is 0.338 e. The van der Waals surface area contributed by atoms with Crippen LogP contribution in [-0.4, -0.2) is 102 Å². The number of benzene rings is 3. The Morgan fingerprint density at radius 1 is 0.701 bits per heavy atom. The molecule has 356 valence electrons. The van der Waals surface area contributed by atoms with E-state index in [2.05, 4.69) is 5.32 Å². The zero-order chi connectivity index (χ0) is 48.6. The van der Waals surface area contributed by atoms with Crippen LogP contribution in [0.4, 0.5) is 0 Å². The van der Waals surface area contributed by atoms with Gasteiger partial charge in [0.15, 0.2) is 23.9 Å². The molecule has 0 unspecified atom stereocenters. The number of ether oxygens (including phenoxy) is 7. The van der Waals surface area contributed by atoms with Crippen LogP contribution in [0.1, 0.15) is 101 Å². The van der Waals surface area contributed by atoms with Gasteiger partial charge in [-0.1, -0.05) is 87.5 Å². The zero-order valence-electron chi connectivity index (χ0n) is 38.7. The van der Waals surface area contributed by atoms with E-state index in [0.29, 0.717) is 16.7 Å². The van der Waals surface area contributed by atoms with Crippen LogP contribution < -0.4 is 5.32 Å². The molecule has 67 heavy (non-hydrogen) atoms. The summed E-state index contributed by atoms with van der Waals surface area (Å²) in [6.07, 6.45) is -9.82. The fourth-order valence-corrected chi connectivity index (χ4v) is 11.2. The van der Waals surface area contributed by atoms with Crippen molar-refractivity contribution in [2.75, 3.05) is 6.61 Å². The van der Waals surface area contributed by atoms with Gasteiger partial charge in [-0.3, -0.25) is 24.0 Å². The molecular formula is C51H57NO15. The lowest BCUT2D eigenvalue weighted by Gasteiger charge is -2.68. The van der Waals surface area contributed by atoms with Gasteiger partial charge in [0.25, 0.3) is 5.91 Å². The summed E-state index contributed by atoms with van der Waals surface area (Å²) in [7, 11) is 0. The van der Waals surface area contributed by atoms with E-state index < -0.39 is 119 Å². The molecule has 2 saturated carbocycles. The van der Waals surface area contributed by atoms with E-state index >= 15 is 0 Å². The van der Waals surface area contributed by atoms with E-state index in [0.717, 1.165) is 6.92 Å². The number of aliphatic hydroxyl groups is 1. The van der Waals surface area contributed by atoms with Crippen molar-refractivity contribution in [3.8, 4) is 0 Å². The van der Waals surface area contributed by atoms with Crippen molar-refractivity contribution in [3.63, 3.8) is 0 Å². The fraction of sp³-hybridized carbons (Fsp3) is 0.471. The van der Waals surface area contributed by atoms with E-state index in [1.54, 1.807) is 105 Å². The number of fused-ring (bicyclic) bond motifs is 5. The standard InChI is InChI=1S/C51H57NO15/c1-27-36(65-48(60)41(57)40(32-18-12-9-13-19-32)52-46(58)33-20-14-10-15-21-33)24-35-42(66-47(59)34-22-16-11-17-23-34)44-50(8,37(62-28(2)53)25-38-51(44,26-61-38)67-31(5)56)45(64-30(4)55)43(63-29(3)54)39(27)49(35,6)7/h9-23,35-38,40-45,57H,24-26H2,1-8H3,(H,52,58)/t35-,36-,37-,38+,40-,41+,42+,43+,44-,45-,50+,51-/m0/s1. The highest BCUT2D eigenvalue weighted by Crippen LogP contribution is 2.65. The van der Waals surface area contributed by atoms with Crippen LogP contribution >= 0.6 is 0 Å². The number of amides is 1. The third kappa shape index (κ3) is 9.20. The molecule has 4 aliphatic rings. The Bertz CT molecular complexity index is 2420. The Hall–Kier alpha value is -6.39. The Kier molecular flexibility index (Phi) is 13.8. The summed E-state index contributed by atoms with van der Waals surface area (Å²) in [5, 5.41) is 14.7. The maximum Gasteiger partial charge on any atom is 0.338 e. The number of rotatable bonds is 12. The minimum absolute atomic E-state index is 0.0582. The normalized spacial score (nSPS) is 30.1. The second-order valence-electron chi connectivity index (χ2n) is 18.6. The number of nitrogens with one attached hydrogen (secondary N) is 1. The maximum atomic E-state index is 14.6. The lowest BCUT2D eigenvalue weighted by atomic mass is 9.45. The summed E-state index contributed by atoms with van der Waals surface area (Å²) < 4.78 is 44.2. The number of carbonyl (C=O) groups excluding carboxylic acids is 7. The van der Waals surface area contributed by atoms with Gasteiger partial charge in [0.1, 0.15) is 24.4 Å². The van der Waals surface area contributed by atoms with E-state index in [-0.39, 0.29) is 30.6 Å². The summed E-state index contributed by atoms with van der Waals surface area (Å²) >= 11 is 0. The quantitative estimate of drug-likeness (QED) is 0.129. The van der Waals surface area contributed by atoms with Crippen LogP contribution in [0.15, 0.2) is 102 Å². The second-order valence-corrected chi connectivity index (χ2v) is 18.6. The molecule has 3 fully saturated rings. The minimum atomic E-state index is -1.97. The third-order valence-electron chi connectivity index (χ3n) is 14.0. The van der Waals surface area contributed by atoms with Crippen molar-refractivity contribution in [2.45, 2.75) is 123 Å². The van der Waals surface area contributed by atoms with Crippen molar-refractivity contribution in [1.82, 2.24) is 5.32 Å². The number of aliphatic hydroxyl groups excluding tert-OH is 1. The van der Waals surface area contributed by atoms with Crippen molar-refractivity contribution < 1.29 is 71.8 Å². The van der Waals surface area contributed by atoms with Gasteiger partial charge in [-0.25, -0.2) is 9.59 Å². The number of hydrogen-bond donors (Lipinski definition) is 2. The molecule has 7 rings (SSSR count). The molecule has 1 heterocycles. The van der Waals surface area contributed by atoms with Crippen LogP contribution in [0, 0.1) is 22.7 Å². The molecule has 1 saturated heterocycles. The van der Waals surface area contributed by atoms with Crippen LogP contribution in [0.25, 0.3) is 0 Å². The highest BCUT2D eigenvalue weighted by molar-refractivity contribution is 5.95. The Morgan fingerprint density at radius 2 is 1.27 bits per heavy atom. The molecule has 16 heteroatoms. The first-order valence-electron chi connectivity index (χ1n) is 22.3. The topological polar surface area (TPSA) is 216 Å². The van der Waals surface area contributed by atoms with Crippen LogP contribution in [0.3, 0.4) is 0 Å². The molecule has 1 amide bonds. The molecule has 3 aromatic carbocycles. The monoisotopic (exact) mass is 923 g/mol. The highest BCUT2D eigenvalue weighted by Gasteiger charge is 2.77. The maximum absolute atomic E-state index is 14.6. The highest BCUT2D eigenvalue weighted by atomic mass is 16.6. The second kappa shape index (κ2) is 19.1. The third-order valence-corrected chi connectivity index (χ3v) is 14.0. The predicted molar refractivity (Wildman–Crippen MR) is 236 cm³/mol. The van der Waals surface area contributed by atoms with Crippen LogP contribution in [0.2, 0.25) is 0 Å². The lowest BCUT2D eigenvalue weighted by Crippen LogP contribution is -2.80. The number of carbonyl (C=O) groups is 7.